The van der Waals surface area contributed by atoms with Crippen molar-refractivity contribution in [3.05, 3.63) is 84.2 Å². The summed E-state index contributed by atoms with van der Waals surface area (Å²) >= 11 is 0. The molecule has 1 atom stereocenters. The molecule has 4 rings (SSSR count). The molecule has 1 aliphatic heterocycles. The maximum atomic E-state index is 12.2. The van der Waals surface area contributed by atoms with Crippen LogP contribution in [0.3, 0.4) is 0 Å². The SMILES string of the molecule is O=C(COC(=O)c1ccc(-n2cccn2)cc1)NC1CCN(Cc2ccccc2)C1. The first-order valence-corrected chi connectivity index (χ1v) is 10.0. The van der Waals surface area contributed by atoms with Gasteiger partial charge in [-0.2, -0.15) is 5.10 Å². The Hall–Kier alpha value is -3.45. The summed E-state index contributed by atoms with van der Waals surface area (Å²) < 4.78 is 6.87. The minimum Gasteiger partial charge on any atom is -0.452 e. The van der Waals surface area contributed by atoms with E-state index in [9.17, 15) is 9.59 Å². The summed E-state index contributed by atoms with van der Waals surface area (Å²) in [6.45, 7) is 2.32. The van der Waals surface area contributed by atoms with E-state index in [4.69, 9.17) is 4.74 Å². The van der Waals surface area contributed by atoms with E-state index in [1.54, 1.807) is 35.1 Å². The Morgan fingerprint density at radius 3 is 2.60 bits per heavy atom. The molecule has 0 spiro atoms. The molecule has 0 radical (unpaired) electrons. The molecule has 1 aliphatic rings. The molecule has 1 amide bonds. The number of esters is 1. The Morgan fingerprint density at radius 2 is 1.87 bits per heavy atom. The van der Waals surface area contributed by atoms with Crippen LogP contribution in [0, 0.1) is 0 Å². The normalized spacial score (nSPS) is 16.3. The van der Waals surface area contributed by atoms with E-state index >= 15 is 0 Å². The van der Waals surface area contributed by atoms with E-state index in [2.05, 4.69) is 27.4 Å². The van der Waals surface area contributed by atoms with Gasteiger partial charge in [0.05, 0.1) is 11.3 Å². The molecule has 1 fully saturated rings. The molecular weight excluding hydrogens is 380 g/mol. The number of carbonyl (C=O) groups is 2. The van der Waals surface area contributed by atoms with Crippen molar-refractivity contribution in [3.63, 3.8) is 0 Å². The van der Waals surface area contributed by atoms with Gasteiger partial charge in [-0.1, -0.05) is 30.3 Å². The quantitative estimate of drug-likeness (QED) is 0.612. The van der Waals surface area contributed by atoms with Crippen molar-refractivity contribution in [2.24, 2.45) is 0 Å². The molecule has 3 aromatic rings. The number of nitrogens with zero attached hydrogens (tertiary/aromatic N) is 3. The number of hydrogen-bond donors (Lipinski definition) is 1. The summed E-state index contributed by atoms with van der Waals surface area (Å²) in [6.07, 6.45) is 4.40. The number of likely N-dealkylation sites (tertiary alicyclic amines) is 1. The van der Waals surface area contributed by atoms with Crippen molar-refractivity contribution >= 4 is 11.9 Å². The predicted octanol–water partition coefficient (Wildman–Crippen LogP) is 2.42. The van der Waals surface area contributed by atoms with Crippen LogP contribution in [0.15, 0.2) is 73.1 Å². The number of carbonyl (C=O) groups excluding carboxylic acids is 2. The first-order valence-electron chi connectivity index (χ1n) is 10.0. The van der Waals surface area contributed by atoms with Crippen LogP contribution in [-0.4, -0.2) is 52.3 Å². The van der Waals surface area contributed by atoms with Gasteiger partial charge >= 0.3 is 5.97 Å². The number of hydrogen-bond acceptors (Lipinski definition) is 5. The third-order valence-electron chi connectivity index (χ3n) is 5.09. The third-order valence-corrected chi connectivity index (χ3v) is 5.09. The maximum Gasteiger partial charge on any atom is 0.338 e. The van der Waals surface area contributed by atoms with Crippen LogP contribution >= 0.6 is 0 Å². The van der Waals surface area contributed by atoms with Gasteiger partial charge in [0.15, 0.2) is 6.61 Å². The highest BCUT2D eigenvalue weighted by molar-refractivity contribution is 5.91. The Bertz CT molecular complexity index is 971. The van der Waals surface area contributed by atoms with Gasteiger partial charge in [-0.05, 0) is 42.3 Å². The summed E-state index contributed by atoms with van der Waals surface area (Å²) in [5, 5.41) is 7.10. The maximum absolute atomic E-state index is 12.2. The number of benzene rings is 2. The summed E-state index contributed by atoms with van der Waals surface area (Å²) in [5.41, 5.74) is 2.50. The van der Waals surface area contributed by atoms with Crippen molar-refractivity contribution in [2.45, 2.75) is 19.0 Å². The molecule has 7 heteroatoms. The fourth-order valence-electron chi connectivity index (χ4n) is 3.59. The van der Waals surface area contributed by atoms with Crippen LogP contribution < -0.4 is 5.32 Å². The minimum absolute atomic E-state index is 0.0771. The Balaban J connectivity index is 1.20. The average molecular weight is 404 g/mol. The van der Waals surface area contributed by atoms with Crippen LogP contribution in [0.25, 0.3) is 5.69 Å². The average Bonchev–Trinajstić information content (AvgIpc) is 3.45. The predicted molar refractivity (Wildman–Crippen MR) is 112 cm³/mol. The van der Waals surface area contributed by atoms with Crippen molar-refractivity contribution in [1.82, 2.24) is 20.0 Å². The van der Waals surface area contributed by atoms with Crippen LogP contribution in [0.4, 0.5) is 0 Å². The molecule has 2 heterocycles. The second-order valence-electron chi connectivity index (χ2n) is 7.35. The number of amides is 1. The number of nitrogens with one attached hydrogen (secondary N) is 1. The zero-order valence-corrected chi connectivity index (χ0v) is 16.6. The lowest BCUT2D eigenvalue weighted by atomic mass is 10.2. The number of rotatable bonds is 7. The van der Waals surface area contributed by atoms with Gasteiger partial charge < -0.3 is 10.1 Å². The zero-order chi connectivity index (χ0) is 20.8. The summed E-state index contributed by atoms with van der Waals surface area (Å²) in [4.78, 5) is 26.7. The van der Waals surface area contributed by atoms with E-state index in [1.165, 1.54) is 5.56 Å². The smallest absolute Gasteiger partial charge is 0.338 e. The molecule has 30 heavy (non-hydrogen) atoms. The Kier molecular flexibility index (Phi) is 6.20. The fraction of sp³-hybridized carbons (Fsp3) is 0.261. The van der Waals surface area contributed by atoms with Crippen molar-refractivity contribution in [1.29, 1.82) is 0 Å². The summed E-state index contributed by atoms with van der Waals surface area (Å²) in [7, 11) is 0. The zero-order valence-electron chi connectivity index (χ0n) is 16.6. The van der Waals surface area contributed by atoms with Crippen molar-refractivity contribution in [2.75, 3.05) is 19.7 Å². The number of aromatic nitrogens is 2. The Morgan fingerprint density at radius 1 is 1.07 bits per heavy atom. The van der Waals surface area contributed by atoms with Crippen molar-refractivity contribution < 1.29 is 14.3 Å². The van der Waals surface area contributed by atoms with Gasteiger partial charge in [0.2, 0.25) is 0 Å². The first kappa shape index (κ1) is 19.8. The van der Waals surface area contributed by atoms with Gasteiger partial charge in [0.25, 0.3) is 5.91 Å². The van der Waals surface area contributed by atoms with Gasteiger partial charge in [0, 0.05) is 38.1 Å². The fourth-order valence-corrected chi connectivity index (χ4v) is 3.59. The molecule has 1 unspecified atom stereocenters. The molecule has 1 aromatic heterocycles. The lowest BCUT2D eigenvalue weighted by Crippen LogP contribution is -2.39. The largest absolute Gasteiger partial charge is 0.452 e. The topological polar surface area (TPSA) is 76.5 Å². The molecule has 1 N–H and O–H groups in total. The van der Waals surface area contributed by atoms with Crippen LogP contribution in [0.1, 0.15) is 22.3 Å². The van der Waals surface area contributed by atoms with E-state index in [1.807, 2.05) is 30.5 Å². The lowest BCUT2D eigenvalue weighted by Gasteiger charge is -2.16. The highest BCUT2D eigenvalue weighted by Crippen LogP contribution is 2.14. The molecule has 0 bridgehead atoms. The monoisotopic (exact) mass is 404 g/mol. The van der Waals surface area contributed by atoms with Gasteiger partial charge in [-0.25, -0.2) is 9.48 Å². The van der Waals surface area contributed by atoms with Gasteiger partial charge in [-0.15, -0.1) is 0 Å². The first-order chi connectivity index (χ1) is 14.7. The third kappa shape index (κ3) is 5.12. The van der Waals surface area contributed by atoms with E-state index in [0.717, 1.165) is 31.7 Å². The molecule has 2 aromatic carbocycles. The molecule has 7 nitrogen and oxygen atoms in total. The molecule has 0 aliphatic carbocycles. The molecule has 0 saturated carbocycles. The van der Waals surface area contributed by atoms with E-state index in [-0.39, 0.29) is 18.6 Å². The highest BCUT2D eigenvalue weighted by Gasteiger charge is 2.24. The summed E-state index contributed by atoms with van der Waals surface area (Å²) in [5.74, 6) is -0.794. The minimum atomic E-state index is -0.519. The number of ether oxygens (including phenoxy) is 1. The second kappa shape index (κ2) is 9.37. The van der Waals surface area contributed by atoms with Crippen molar-refractivity contribution in [3.8, 4) is 5.69 Å². The molecular formula is C23H24N4O3. The Labute approximate surface area is 175 Å². The van der Waals surface area contributed by atoms with Crippen LogP contribution in [0.2, 0.25) is 0 Å². The highest BCUT2D eigenvalue weighted by atomic mass is 16.5. The van der Waals surface area contributed by atoms with Gasteiger partial charge in [0.1, 0.15) is 0 Å². The summed E-state index contributed by atoms with van der Waals surface area (Å²) in [6, 6.07) is 19.1. The molecule has 154 valence electrons. The lowest BCUT2D eigenvalue weighted by molar-refractivity contribution is -0.124. The molecule has 1 saturated heterocycles. The second-order valence-corrected chi connectivity index (χ2v) is 7.35. The van der Waals surface area contributed by atoms with Gasteiger partial charge in [-0.3, -0.25) is 9.69 Å². The van der Waals surface area contributed by atoms with Crippen LogP contribution in [0.5, 0.6) is 0 Å². The van der Waals surface area contributed by atoms with Crippen LogP contribution in [-0.2, 0) is 16.1 Å². The van der Waals surface area contributed by atoms with E-state index in [0.29, 0.717) is 5.56 Å². The van der Waals surface area contributed by atoms with E-state index < -0.39 is 5.97 Å². The standard InChI is InChI=1S/C23H24N4O3/c28-22(25-20-11-14-26(16-20)15-18-5-2-1-3-6-18)17-30-23(29)19-7-9-21(10-8-19)27-13-4-12-24-27/h1-10,12-13,20H,11,14-17H2,(H,25,28).